The van der Waals surface area contributed by atoms with Crippen molar-refractivity contribution in [1.29, 1.82) is 0 Å². The topological polar surface area (TPSA) is 177 Å². The summed E-state index contributed by atoms with van der Waals surface area (Å²) in [5, 5.41) is 10.2. The molecule has 0 aliphatic carbocycles. The second-order valence-corrected chi connectivity index (χ2v) is 7.72. The molecule has 2 aromatic carbocycles. The number of primary amides is 1. The Bertz CT molecular complexity index is 1560. The summed E-state index contributed by atoms with van der Waals surface area (Å²) in [6.45, 7) is 0.148. The van der Waals surface area contributed by atoms with Crippen molar-refractivity contribution < 1.29 is 19.0 Å². The summed E-state index contributed by atoms with van der Waals surface area (Å²) in [6, 6.07) is 17.8. The highest BCUT2D eigenvalue weighted by atomic mass is 16.6. The van der Waals surface area contributed by atoms with Crippen LogP contribution in [0.25, 0.3) is 28.2 Å². The van der Waals surface area contributed by atoms with Gasteiger partial charge in [0.2, 0.25) is 11.8 Å². The van der Waals surface area contributed by atoms with E-state index in [0.29, 0.717) is 33.9 Å². The molecule has 0 spiro atoms. The number of aromatic nitrogens is 5. The Morgan fingerprint density at radius 3 is 2.64 bits per heavy atom. The van der Waals surface area contributed by atoms with Crippen molar-refractivity contribution in [2.45, 2.75) is 6.42 Å². The third kappa shape index (κ3) is 4.55. The van der Waals surface area contributed by atoms with E-state index in [2.05, 4.69) is 25.6 Å². The van der Waals surface area contributed by atoms with Gasteiger partial charge in [-0.3, -0.25) is 14.2 Å². The molecule has 5 rings (SSSR count). The van der Waals surface area contributed by atoms with Crippen LogP contribution in [0.1, 0.15) is 16.8 Å². The number of nitrogens with two attached hydrogens (primary N) is 2. The van der Waals surface area contributed by atoms with Crippen LogP contribution in [0.5, 0.6) is 11.6 Å². The standard InChI is InChI=1S/C24H20N8O4/c25-19(33)9-10-27-24(34)14-5-4-8-16(11-14)35-20-12-18-17(13-28-20)29-23(21-22(26)31-36-30-21)32(18)15-6-2-1-3-7-15/h1-8,11-13H,9-10H2,(H2,25,33)(H2,26,31)(H,27,34). The zero-order valence-electron chi connectivity index (χ0n) is 18.8. The van der Waals surface area contributed by atoms with Gasteiger partial charge in [-0.25, -0.2) is 14.6 Å². The van der Waals surface area contributed by atoms with Crippen LogP contribution in [0.4, 0.5) is 5.82 Å². The maximum absolute atomic E-state index is 12.4. The van der Waals surface area contributed by atoms with E-state index in [0.717, 1.165) is 5.69 Å². The summed E-state index contributed by atoms with van der Waals surface area (Å²) in [7, 11) is 0. The average molecular weight is 484 g/mol. The minimum atomic E-state index is -0.491. The molecule has 0 saturated carbocycles. The van der Waals surface area contributed by atoms with Crippen molar-refractivity contribution in [2.24, 2.45) is 5.73 Å². The number of rotatable bonds is 8. The third-order valence-corrected chi connectivity index (χ3v) is 5.23. The van der Waals surface area contributed by atoms with E-state index in [1.165, 1.54) is 0 Å². The average Bonchev–Trinajstić information content (AvgIpc) is 3.47. The summed E-state index contributed by atoms with van der Waals surface area (Å²) in [5.41, 5.74) is 13.8. The largest absolute Gasteiger partial charge is 0.439 e. The Morgan fingerprint density at radius 2 is 1.89 bits per heavy atom. The van der Waals surface area contributed by atoms with Gasteiger partial charge in [0.1, 0.15) is 11.3 Å². The zero-order valence-corrected chi connectivity index (χ0v) is 18.8. The number of hydrogen-bond donors (Lipinski definition) is 3. The molecule has 5 N–H and O–H groups in total. The minimum absolute atomic E-state index is 0.0546. The molecule has 12 nitrogen and oxygen atoms in total. The monoisotopic (exact) mass is 484 g/mol. The highest BCUT2D eigenvalue weighted by Crippen LogP contribution is 2.32. The van der Waals surface area contributed by atoms with Crippen LogP contribution in [0.15, 0.2) is 71.5 Å². The molecule has 2 amide bonds. The van der Waals surface area contributed by atoms with E-state index in [9.17, 15) is 9.59 Å². The minimum Gasteiger partial charge on any atom is -0.439 e. The molecule has 0 fully saturated rings. The highest BCUT2D eigenvalue weighted by molar-refractivity contribution is 5.94. The van der Waals surface area contributed by atoms with Crippen molar-refractivity contribution >= 4 is 28.7 Å². The Morgan fingerprint density at radius 1 is 1.06 bits per heavy atom. The van der Waals surface area contributed by atoms with E-state index in [-0.39, 0.29) is 30.6 Å². The number of para-hydroxylation sites is 1. The van der Waals surface area contributed by atoms with Crippen LogP contribution in [0.3, 0.4) is 0 Å². The van der Waals surface area contributed by atoms with Gasteiger partial charge in [0.25, 0.3) is 5.91 Å². The number of nitrogen functional groups attached to an aromatic ring is 1. The normalized spacial score (nSPS) is 10.9. The predicted molar refractivity (Wildman–Crippen MR) is 129 cm³/mol. The molecule has 0 atom stereocenters. The van der Waals surface area contributed by atoms with Crippen molar-refractivity contribution in [2.75, 3.05) is 12.3 Å². The lowest BCUT2D eigenvalue weighted by Crippen LogP contribution is -2.27. The second kappa shape index (κ2) is 9.54. The molecule has 5 aromatic rings. The number of amides is 2. The first kappa shape index (κ1) is 22.5. The summed E-state index contributed by atoms with van der Waals surface area (Å²) in [4.78, 5) is 32.3. The molecule has 36 heavy (non-hydrogen) atoms. The summed E-state index contributed by atoms with van der Waals surface area (Å²) >= 11 is 0. The van der Waals surface area contributed by atoms with Crippen LogP contribution in [-0.2, 0) is 4.79 Å². The third-order valence-electron chi connectivity index (χ3n) is 5.23. The van der Waals surface area contributed by atoms with Gasteiger partial charge >= 0.3 is 0 Å². The number of nitrogens with zero attached hydrogens (tertiary/aromatic N) is 5. The molecular formula is C24H20N8O4. The van der Waals surface area contributed by atoms with Crippen LogP contribution in [-0.4, -0.2) is 43.2 Å². The number of carbonyl (C=O) groups excluding carboxylic acids is 2. The molecular weight excluding hydrogens is 464 g/mol. The molecule has 0 bridgehead atoms. The molecule has 0 unspecified atom stereocenters. The number of imidazole rings is 1. The van der Waals surface area contributed by atoms with Gasteiger partial charge in [-0.05, 0) is 40.6 Å². The second-order valence-electron chi connectivity index (χ2n) is 7.72. The van der Waals surface area contributed by atoms with Gasteiger partial charge in [0, 0.05) is 30.3 Å². The Labute approximate surface area is 203 Å². The Balaban J connectivity index is 1.49. The molecule has 0 saturated heterocycles. The number of pyridine rings is 1. The van der Waals surface area contributed by atoms with E-state index >= 15 is 0 Å². The van der Waals surface area contributed by atoms with Crippen LogP contribution < -0.4 is 21.5 Å². The Kier molecular flexibility index (Phi) is 5.97. The number of fused-ring (bicyclic) bond motifs is 1. The first-order chi connectivity index (χ1) is 17.5. The number of ether oxygens (including phenoxy) is 1. The molecule has 0 aliphatic rings. The number of hydrogen-bond acceptors (Lipinski definition) is 9. The first-order valence-corrected chi connectivity index (χ1v) is 10.9. The lowest BCUT2D eigenvalue weighted by atomic mass is 10.2. The fourth-order valence-corrected chi connectivity index (χ4v) is 3.59. The van der Waals surface area contributed by atoms with Crippen molar-refractivity contribution in [3.8, 4) is 28.8 Å². The van der Waals surface area contributed by atoms with E-state index in [4.69, 9.17) is 20.8 Å². The van der Waals surface area contributed by atoms with Crippen molar-refractivity contribution in [3.05, 3.63) is 72.4 Å². The Hall–Kier alpha value is -5.26. The fourth-order valence-electron chi connectivity index (χ4n) is 3.59. The number of nitrogens with one attached hydrogen (secondary N) is 1. The first-order valence-electron chi connectivity index (χ1n) is 10.9. The van der Waals surface area contributed by atoms with Gasteiger partial charge in [-0.2, -0.15) is 0 Å². The van der Waals surface area contributed by atoms with Crippen molar-refractivity contribution in [1.82, 2.24) is 30.2 Å². The van der Waals surface area contributed by atoms with Crippen LogP contribution in [0, 0.1) is 0 Å². The van der Waals surface area contributed by atoms with Crippen LogP contribution in [0.2, 0.25) is 0 Å². The highest BCUT2D eigenvalue weighted by Gasteiger charge is 2.21. The van der Waals surface area contributed by atoms with E-state index in [1.54, 1.807) is 36.5 Å². The summed E-state index contributed by atoms with van der Waals surface area (Å²) in [6.07, 6.45) is 1.62. The molecule has 3 heterocycles. The molecule has 180 valence electrons. The van der Waals surface area contributed by atoms with Gasteiger partial charge in [0.05, 0.1) is 11.7 Å². The smallest absolute Gasteiger partial charge is 0.251 e. The zero-order chi connectivity index (χ0) is 25.1. The lowest BCUT2D eigenvalue weighted by Gasteiger charge is -2.10. The summed E-state index contributed by atoms with van der Waals surface area (Å²) < 4.78 is 12.6. The molecule has 0 aliphatic heterocycles. The lowest BCUT2D eigenvalue weighted by molar-refractivity contribution is -0.117. The van der Waals surface area contributed by atoms with E-state index in [1.807, 2.05) is 34.9 Å². The maximum Gasteiger partial charge on any atom is 0.251 e. The fraction of sp³-hybridized carbons (Fsp3) is 0.0833. The van der Waals surface area contributed by atoms with Gasteiger partial charge in [-0.1, -0.05) is 24.3 Å². The van der Waals surface area contributed by atoms with Gasteiger partial charge in [-0.15, -0.1) is 0 Å². The SMILES string of the molecule is NC(=O)CCNC(=O)c1cccc(Oc2cc3c(cn2)nc(-c2nonc2N)n3-c2ccccc2)c1. The molecule has 12 heteroatoms. The quantitative estimate of drug-likeness (QED) is 0.298. The number of anilines is 1. The molecule has 0 radical (unpaired) electrons. The maximum atomic E-state index is 12.4. The van der Waals surface area contributed by atoms with Gasteiger partial charge in [0.15, 0.2) is 17.3 Å². The number of carbonyl (C=O) groups is 2. The van der Waals surface area contributed by atoms with E-state index < -0.39 is 5.91 Å². The summed E-state index contributed by atoms with van der Waals surface area (Å²) in [5.74, 6) is 0.385. The van der Waals surface area contributed by atoms with Gasteiger partial charge < -0.3 is 21.5 Å². The van der Waals surface area contributed by atoms with Crippen LogP contribution >= 0.6 is 0 Å². The van der Waals surface area contributed by atoms with Crippen molar-refractivity contribution in [3.63, 3.8) is 0 Å². The molecule has 3 aromatic heterocycles. The predicted octanol–water partition coefficient (Wildman–Crippen LogP) is 2.45. The number of benzene rings is 2.